The number of nitrogens with zero attached hydrogens (tertiary/aromatic N) is 5. The zero-order valence-electron chi connectivity index (χ0n) is 14.7. The van der Waals surface area contributed by atoms with Gasteiger partial charge in [-0.1, -0.05) is 41.2 Å². The van der Waals surface area contributed by atoms with E-state index in [0.29, 0.717) is 28.4 Å². The van der Waals surface area contributed by atoms with Gasteiger partial charge in [-0.15, -0.1) is 10.2 Å². The van der Waals surface area contributed by atoms with Crippen LogP contribution in [-0.2, 0) is 5.75 Å². The molecule has 2 N–H and O–H groups in total. The number of aromatic nitrogens is 5. The van der Waals surface area contributed by atoms with E-state index >= 15 is 0 Å². The average Bonchev–Trinajstić information content (AvgIpc) is 3.33. The van der Waals surface area contributed by atoms with Crippen LogP contribution in [0, 0.1) is 5.82 Å². The molecule has 10 heteroatoms. The quantitative estimate of drug-likeness (QED) is 0.390. The lowest BCUT2D eigenvalue weighted by molar-refractivity contribution is 0.390. The topological polar surface area (TPSA) is 105 Å². The normalized spacial score (nSPS) is 10.9. The number of benzene rings is 2. The second kappa shape index (κ2) is 7.69. The van der Waals surface area contributed by atoms with Crippen LogP contribution in [0.2, 0.25) is 0 Å². The Hall–Kier alpha value is -3.40. The molecule has 0 aliphatic rings. The van der Waals surface area contributed by atoms with Crippen LogP contribution in [0.5, 0.6) is 5.75 Å². The largest absolute Gasteiger partial charge is 0.496 e. The van der Waals surface area contributed by atoms with Gasteiger partial charge < -0.3 is 15.1 Å². The minimum atomic E-state index is -0.420. The highest BCUT2D eigenvalue weighted by Gasteiger charge is 2.17. The van der Waals surface area contributed by atoms with Gasteiger partial charge in [0, 0.05) is 0 Å². The smallest absolute Gasteiger partial charge is 0.237 e. The monoisotopic (exact) mass is 398 g/mol. The first-order valence-corrected chi connectivity index (χ1v) is 9.20. The molecule has 2 heterocycles. The summed E-state index contributed by atoms with van der Waals surface area (Å²) in [6, 6.07) is 13.6. The number of hydrogen-bond donors (Lipinski definition) is 1. The summed E-state index contributed by atoms with van der Waals surface area (Å²) in [5, 5.41) is 12.4. The lowest BCUT2D eigenvalue weighted by atomic mass is 10.2. The highest BCUT2D eigenvalue weighted by Crippen LogP contribution is 2.29. The van der Waals surface area contributed by atoms with Crippen molar-refractivity contribution in [3.05, 3.63) is 60.2 Å². The van der Waals surface area contributed by atoms with Crippen molar-refractivity contribution in [3.63, 3.8) is 0 Å². The number of thioether (sulfide) groups is 1. The number of halogens is 1. The van der Waals surface area contributed by atoms with Gasteiger partial charge in [0.25, 0.3) is 0 Å². The second-order valence-electron chi connectivity index (χ2n) is 5.66. The lowest BCUT2D eigenvalue weighted by Crippen LogP contribution is -2.12. The predicted octanol–water partition coefficient (Wildman–Crippen LogP) is 3.15. The molecule has 0 amide bonds. The molecule has 0 spiro atoms. The summed E-state index contributed by atoms with van der Waals surface area (Å²) >= 11 is 1.25. The molecule has 28 heavy (non-hydrogen) atoms. The molecule has 0 atom stereocenters. The van der Waals surface area contributed by atoms with Gasteiger partial charge in [-0.05, 0) is 24.3 Å². The number of para-hydroxylation sites is 1. The molecule has 4 aromatic rings. The first-order valence-electron chi connectivity index (χ1n) is 8.21. The van der Waals surface area contributed by atoms with E-state index in [4.69, 9.17) is 15.1 Å². The number of rotatable bonds is 6. The Balaban J connectivity index is 1.51. The predicted molar refractivity (Wildman–Crippen MR) is 101 cm³/mol. The highest BCUT2D eigenvalue weighted by molar-refractivity contribution is 7.98. The Morgan fingerprint density at radius 2 is 1.86 bits per heavy atom. The Bertz CT molecular complexity index is 1110. The van der Waals surface area contributed by atoms with E-state index in [-0.39, 0.29) is 11.4 Å². The number of ether oxygens (including phenoxy) is 1. The standard InChI is InChI=1S/C18H15FN6O2S/c1-26-14-9-5-3-7-12(14)16-21-15(27-24-16)10-28-18-23-22-17(25(18)20)11-6-2-4-8-13(11)19/h2-9H,10,20H2,1H3. The average molecular weight is 398 g/mol. The van der Waals surface area contributed by atoms with Crippen LogP contribution in [0.1, 0.15) is 5.89 Å². The van der Waals surface area contributed by atoms with E-state index in [9.17, 15) is 4.39 Å². The SMILES string of the molecule is COc1ccccc1-c1noc(CSc2nnc(-c3ccccc3F)n2N)n1. The van der Waals surface area contributed by atoms with Gasteiger partial charge in [-0.3, -0.25) is 0 Å². The summed E-state index contributed by atoms with van der Waals surface area (Å²) in [5.41, 5.74) is 1.01. The number of nitrogens with two attached hydrogens (primary N) is 1. The highest BCUT2D eigenvalue weighted by atomic mass is 32.2. The van der Waals surface area contributed by atoms with Crippen molar-refractivity contribution in [2.75, 3.05) is 13.0 Å². The van der Waals surface area contributed by atoms with Gasteiger partial charge in [0.05, 0.1) is 24.0 Å². The Morgan fingerprint density at radius 1 is 1.11 bits per heavy atom. The van der Waals surface area contributed by atoms with Gasteiger partial charge in [-0.25, -0.2) is 9.07 Å². The maximum Gasteiger partial charge on any atom is 0.237 e. The maximum atomic E-state index is 14.0. The van der Waals surface area contributed by atoms with Gasteiger partial charge in [-0.2, -0.15) is 4.98 Å². The van der Waals surface area contributed by atoms with Crippen LogP contribution in [0.3, 0.4) is 0 Å². The zero-order valence-corrected chi connectivity index (χ0v) is 15.6. The Kier molecular flexibility index (Phi) is 4.94. The van der Waals surface area contributed by atoms with Crippen LogP contribution in [0.25, 0.3) is 22.8 Å². The molecule has 0 fully saturated rings. The molecule has 0 radical (unpaired) electrons. The fourth-order valence-electron chi connectivity index (χ4n) is 2.58. The third-order valence-electron chi connectivity index (χ3n) is 3.92. The van der Waals surface area contributed by atoms with E-state index in [1.165, 1.54) is 22.5 Å². The van der Waals surface area contributed by atoms with Crippen molar-refractivity contribution >= 4 is 11.8 Å². The third-order valence-corrected chi connectivity index (χ3v) is 4.85. The molecule has 4 rings (SSSR count). The maximum absolute atomic E-state index is 14.0. The Morgan fingerprint density at radius 3 is 2.64 bits per heavy atom. The fraction of sp³-hybridized carbons (Fsp3) is 0.111. The van der Waals surface area contributed by atoms with Crippen molar-refractivity contribution in [2.45, 2.75) is 10.9 Å². The molecule has 142 valence electrons. The molecular formula is C18H15FN6O2S. The van der Waals surface area contributed by atoms with E-state index in [2.05, 4.69) is 20.3 Å². The van der Waals surface area contributed by atoms with E-state index in [0.717, 1.165) is 5.56 Å². The summed E-state index contributed by atoms with van der Waals surface area (Å²) in [7, 11) is 1.58. The molecule has 2 aromatic heterocycles. The Labute approximate surface area is 163 Å². The molecule has 0 aliphatic carbocycles. The van der Waals surface area contributed by atoms with Crippen LogP contribution >= 0.6 is 11.8 Å². The molecule has 0 saturated carbocycles. The summed E-state index contributed by atoms with van der Waals surface area (Å²) in [6.07, 6.45) is 0. The van der Waals surface area contributed by atoms with Crippen molar-refractivity contribution in [1.29, 1.82) is 0 Å². The van der Waals surface area contributed by atoms with E-state index in [1.54, 1.807) is 25.3 Å². The van der Waals surface area contributed by atoms with Crippen molar-refractivity contribution in [1.82, 2.24) is 25.0 Å². The van der Waals surface area contributed by atoms with Gasteiger partial charge in [0.15, 0.2) is 5.82 Å². The van der Waals surface area contributed by atoms with E-state index < -0.39 is 5.82 Å². The molecule has 0 bridgehead atoms. The molecular weight excluding hydrogens is 383 g/mol. The van der Waals surface area contributed by atoms with Crippen molar-refractivity contribution < 1.29 is 13.7 Å². The molecule has 2 aromatic carbocycles. The zero-order chi connectivity index (χ0) is 19.5. The number of hydrogen-bond acceptors (Lipinski definition) is 8. The first kappa shape index (κ1) is 18.0. The molecule has 0 saturated heterocycles. The van der Waals surface area contributed by atoms with Crippen LogP contribution in [0.15, 0.2) is 58.2 Å². The van der Waals surface area contributed by atoms with Crippen molar-refractivity contribution in [2.24, 2.45) is 0 Å². The molecule has 8 nitrogen and oxygen atoms in total. The number of nitrogen functional groups attached to an aromatic ring is 1. The lowest BCUT2D eigenvalue weighted by Gasteiger charge is -2.03. The summed E-state index contributed by atoms with van der Waals surface area (Å²) in [4.78, 5) is 4.38. The van der Waals surface area contributed by atoms with Gasteiger partial charge in [0.1, 0.15) is 11.6 Å². The summed E-state index contributed by atoms with van der Waals surface area (Å²) < 4.78 is 25.8. The van der Waals surface area contributed by atoms with Crippen LogP contribution in [-0.4, -0.2) is 32.1 Å². The molecule has 0 aliphatic heterocycles. The van der Waals surface area contributed by atoms with Crippen molar-refractivity contribution in [3.8, 4) is 28.5 Å². The summed E-state index contributed by atoms with van der Waals surface area (Å²) in [6.45, 7) is 0. The second-order valence-corrected chi connectivity index (χ2v) is 6.60. The first-order chi connectivity index (χ1) is 13.7. The van der Waals surface area contributed by atoms with Crippen LogP contribution in [0.4, 0.5) is 4.39 Å². The minimum Gasteiger partial charge on any atom is -0.496 e. The third kappa shape index (κ3) is 3.41. The number of methoxy groups -OCH3 is 1. The van der Waals surface area contributed by atoms with Gasteiger partial charge in [0.2, 0.25) is 16.9 Å². The summed E-state index contributed by atoms with van der Waals surface area (Å²) in [5.74, 6) is 7.64. The molecule has 0 unspecified atom stereocenters. The fourth-order valence-corrected chi connectivity index (χ4v) is 3.27. The van der Waals surface area contributed by atoms with Gasteiger partial charge >= 0.3 is 0 Å². The van der Waals surface area contributed by atoms with E-state index in [1.807, 2.05) is 24.3 Å². The minimum absolute atomic E-state index is 0.237. The van der Waals surface area contributed by atoms with Crippen LogP contribution < -0.4 is 10.6 Å².